The molecule has 0 fully saturated rings. The summed E-state index contributed by atoms with van der Waals surface area (Å²) >= 11 is 0. The van der Waals surface area contributed by atoms with Crippen LogP contribution in [-0.4, -0.2) is 18.0 Å². The van der Waals surface area contributed by atoms with Crippen LogP contribution in [0.5, 0.6) is 0 Å². The molecule has 2 N–H and O–H groups in total. The molecule has 0 aromatic heterocycles. The van der Waals surface area contributed by atoms with Gasteiger partial charge in [0.15, 0.2) is 0 Å². The summed E-state index contributed by atoms with van der Waals surface area (Å²) in [7, 11) is 0. The molecule has 0 saturated heterocycles. The molecule has 0 bridgehead atoms. The third-order valence-corrected chi connectivity index (χ3v) is 2.42. The molecule has 1 aromatic carbocycles. The number of para-hydroxylation sites is 1. The van der Waals surface area contributed by atoms with Gasteiger partial charge in [0, 0.05) is 11.2 Å². The zero-order valence-corrected chi connectivity index (χ0v) is 11.3. The Morgan fingerprint density at radius 3 is 2.18 bits per heavy atom. The van der Waals surface area contributed by atoms with Crippen LogP contribution >= 0.6 is 0 Å². The Morgan fingerprint density at radius 1 is 1.18 bits per heavy atom. The van der Waals surface area contributed by atoms with Gasteiger partial charge in [-0.15, -0.1) is 0 Å². The fourth-order valence-electron chi connectivity index (χ4n) is 1.72. The van der Waals surface area contributed by atoms with Crippen LogP contribution in [0.2, 0.25) is 0 Å². The molecule has 0 saturated carbocycles. The molecule has 1 rings (SSSR count). The van der Waals surface area contributed by atoms with Gasteiger partial charge in [0.25, 0.3) is 0 Å². The monoisotopic (exact) mass is 234 g/mol. The van der Waals surface area contributed by atoms with Crippen molar-refractivity contribution in [3.63, 3.8) is 0 Å². The maximum absolute atomic E-state index is 11.7. The molecule has 1 amide bonds. The lowest BCUT2D eigenvalue weighted by Crippen LogP contribution is -2.43. The first kappa shape index (κ1) is 13.6. The highest BCUT2D eigenvalue weighted by molar-refractivity contribution is 5.81. The number of carbonyl (C=O) groups is 1. The fraction of sp³-hybridized carbons (Fsp3) is 0.500. The Kier molecular flexibility index (Phi) is 4.16. The van der Waals surface area contributed by atoms with Crippen molar-refractivity contribution in [1.29, 1.82) is 0 Å². The average molecular weight is 234 g/mol. The van der Waals surface area contributed by atoms with Gasteiger partial charge in [-0.2, -0.15) is 0 Å². The van der Waals surface area contributed by atoms with Crippen LogP contribution in [0, 0.1) is 13.8 Å². The molecule has 0 unspecified atom stereocenters. The second kappa shape index (κ2) is 5.21. The Bertz CT molecular complexity index is 385. The van der Waals surface area contributed by atoms with E-state index in [4.69, 9.17) is 0 Å². The summed E-state index contributed by atoms with van der Waals surface area (Å²) in [5.74, 6) is 0.0140. The summed E-state index contributed by atoms with van der Waals surface area (Å²) < 4.78 is 0. The van der Waals surface area contributed by atoms with Crippen LogP contribution in [0.3, 0.4) is 0 Å². The number of amides is 1. The van der Waals surface area contributed by atoms with Gasteiger partial charge in [-0.05, 0) is 45.7 Å². The number of nitrogens with one attached hydrogen (secondary N) is 2. The van der Waals surface area contributed by atoms with Crippen LogP contribution in [-0.2, 0) is 4.79 Å². The van der Waals surface area contributed by atoms with Crippen molar-refractivity contribution < 1.29 is 4.79 Å². The molecule has 0 spiro atoms. The summed E-state index contributed by atoms with van der Waals surface area (Å²) in [5.41, 5.74) is 3.19. The van der Waals surface area contributed by atoms with E-state index in [1.165, 1.54) is 0 Å². The van der Waals surface area contributed by atoms with Crippen LogP contribution in [0.1, 0.15) is 31.9 Å². The third-order valence-electron chi connectivity index (χ3n) is 2.42. The standard InChI is InChI=1S/C14H22N2O/c1-10-7-6-8-11(2)13(10)15-9-12(17)16-14(3,4)5/h6-8,15H,9H2,1-5H3,(H,16,17). The van der Waals surface area contributed by atoms with Crippen molar-refractivity contribution in [3.05, 3.63) is 29.3 Å². The summed E-state index contributed by atoms with van der Waals surface area (Å²) in [6, 6.07) is 6.10. The van der Waals surface area contributed by atoms with E-state index in [9.17, 15) is 4.79 Å². The molecule has 0 atom stereocenters. The van der Waals surface area contributed by atoms with E-state index < -0.39 is 0 Å². The van der Waals surface area contributed by atoms with Gasteiger partial charge in [-0.25, -0.2) is 0 Å². The zero-order chi connectivity index (χ0) is 13.1. The fourth-order valence-corrected chi connectivity index (χ4v) is 1.72. The van der Waals surface area contributed by atoms with Crippen molar-refractivity contribution in [2.45, 2.75) is 40.2 Å². The molecule has 3 heteroatoms. The first-order valence-corrected chi connectivity index (χ1v) is 5.91. The Hall–Kier alpha value is -1.51. The summed E-state index contributed by atoms with van der Waals surface area (Å²) in [5, 5.41) is 6.12. The minimum absolute atomic E-state index is 0.0140. The van der Waals surface area contributed by atoms with E-state index >= 15 is 0 Å². The van der Waals surface area contributed by atoms with Gasteiger partial charge in [-0.3, -0.25) is 4.79 Å². The van der Waals surface area contributed by atoms with Crippen molar-refractivity contribution >= 4 is 11.6 Å². The number of rotatable bonds is 3. The predicted molar refractivity (Wildman–Crippen MR) is 72.3 cm³/mol. The van der Waals surface area contributed by atoms with E-state index in [-0.39, 0.29) is 11.4 Å². The molecular formula is C14H22N2O. The van der Waals surface area contributed by atoms with Gasteiger partial charge in [0.1, 0.15) is 0 Å². The normalized spacial score (nSPS) is 11.1. The molecule has 0 heterocycles. The van der Waals surface area contributed by atoms with Gasteiger partial charge in [-0.1, -0.05) is 18.2 Å². The SMILES string of the molecule is Cc1cccc(C)c1NCC(=O)NC(C)(C)C. The number of aryl methyl sites for hydroxylation is 2. The molecule has 17 heavy (non-hydrogen) atoms. The Balaban J connectivity index is 2.59. The van der Waals surface area contributed by atoms with E-state index in [0.29, 0.717) is 6.54 Å². The zero-order valence-electron chi connectivity index (χ0n) is 11.3. The maximum Gasteiger partial charge on any atom is 0.239 e. The Morgan fingerprint density at radius 2 is 1.71 bits per heavy atom. The smallest absolute Gasteiger partial charge is 0.239 e. The number of carbonyl (C=O) groups excluding carboxylic acids is 1. The first-order chi connectivity index (χ1) is 7.79. The lowest BCUT2D eigenvalue weighted by molar-refractivity contribution is -0.120. The first-order valence-electron chi connectivity index (χ1n) is 5.91. The average Bonchev–Trinajstić information content (AvgIpc) is 2.14. The minimum atomic E-state index is -0.181. The van der Waals surface area contributed by atoms with Crippen molar-refractivity contribution in [1.82, 2.24) is 5.32 Å². The number of hydrogen-bond donors (Lipinski definition) is 2. The van der Waals surface area contributed by atoms with Crippen LogP contribution in [0.15, 0.2) is 18.2 Å². The van der Waals surface area contributed by atoms with Gasteiger partial charge in [0.05, 0.1) is 6.54 Å². The maximum atomic E-state index is 11.7. The summed E-state index contributed by atoms with van der Waals surface area (Å²) in [6.45, 7) is 10.3. The molecule has 0 radical (unpaired) electrons. The highest BCUT2D eigenvalue weighted by Gasteiger charge is 2.13. The van der Waals surface area contributed by atoms with Crippen molar-refractivity contribution in [3.8, 4) is 0 Å². The highest BCUT2D eigenvalue weighted by atomic mass is 16.2. The lowest BCUT2D eigenvalue weighted by Gasteiger charge is -2.21. The molecule has 0 aliphatic heterocycles. The van der Waals surface area contributed by atoms with Crippen molar-refractivity contribution in [2.75, 3.05) is 11.9 Å². The van der Waals surface area contributed by atoms with Crippen molar-refractivity contribution in [2.24, 2.45) is 0 Å². The van der Waals surface area contributed by atoms with Crippen LogP contribution in [0.4, 0.5) is 5.69 Å². The second-order valence-electron chi connectivity index (χ2n) is 5.42. The van der Waals surface area contributed by atoms with Gasteiger partial charge < -0.3 is 10.6 Å². The quantitative estimate of drug-likeness (QED) is 0.844. The second-order valence-corrected chi connectivity index (χ2v) is 5.42. The van der Waals surface area contributed by atoms with Gasteiger partial charge in [0.2, 0.25) is 5.91 Å². The number of anilines is 1. The van der Waals surface area contributed by atoms with E-state index in [0.717, 1.165) is 16.8 Å². The third kappa shape index (κ3) is 4.47. The van der Waals surface area contributed by atoms with E-state index in [1.54, 1.807) is 0 Å². The Labute approximate surface area is 104 Å². The van der Waals surface area contributed by atoms with Crippen LogP contribution < -0.4 is 10.6 Å². The number of benzene rings is 1. The molecule has 1 aromatic rings. The van der Waals surface area contributed by atoms with Gasteiger partial charge >= 0.3 is 0 Å². The number of hydrogen-bond acceptors (Lipinski definition) is 2. The summed E-state index contributed by atoms with van der Waals surface area (Å²) in [6.07, 6.45) is 0. The topological polar surface area (TPSA) is 41.1 Å². The molecule has 0 aliphatic carbocycles. The molecule has 3 nitrogen and oxygen atoms in total. The summed E-state index contributed by atoms with van der Waals surface area (Å²) in [4.78, 5) is 11.7. The minimum Gasteiger partial charge on any atom is -0.376 e. The molecular weight excluding hydrogens is 212 g/mol. The highest BCUT2D eigenvalue weighted by Crippen LogP contribution is 2.18. The lowest BCUT2D eigenvalue weighted by atomic mass is 10.1. The van der Waals surface area contributed by atoms with E-state index in [2.05, 4.69) is 10.6 Å². The molecule has 94 valence electrons. The van der Waals surface area contributed by atoms with Crippen LogP contribution in [0.25, 0.3) is 0 Å². The molecule has 0 aliphatic rings. The largest absolute Gasteiger partial charge is 0.376 e. The van der Waals surface area contributed by atoms with E-state index in [1.807, 2.05) is 52.8 Å². The predicted octanol–water partition coefficient (Wildman–Crippen LogP) is 2.63.